The summed E-state index contributed by atoms with van der Waals surface area (Å²) >= 11 is 0. The van der Waals surface area contributed by atoms with Crippen molar-refractivity contribution in [1.82, 2.24) is 0 Å². The van der Waals surface area contributed by atoms with E-state index in [9.17, 15) is 0 Å². The first kappa shape index (κ1) is 10.4. The Labute approximate surface area is 42.5 Å². The molecule has 0 unspecified atom stereocenters. The Morgan fingerprint density at radius 2 is 1.29 bits per heavy atom. The molecule has 0 amide bonds. The number of hydrogen-bond donors (Lipinski definition) is 0. The Morgan fingerprint density at radius 3 is 1.29 bits per heavy atom. The Bertz CT molecular complexity index is 30.3. The number of rotatable bonds is 0. The molecule has 0 heterocycles. The molecule has 0 aromatic heterocycles. The van der Waals surface area contributed by atoms with Gasteiger partial charge in [-0.1, -0.05) is 0 Å². The lowest BCUT2D eigenvalue weighted by Gasteiger charge is -2.39. The van der Waals surface area contributed by atoms with Gasteiger partial charge in [0.1, 0.15) is 0 Å². The van der Waals surface area contributed by atoms with Crippen LogP contribution in [0.1, 0.15) is 0 Å². The summed E-state index contributed by atoms with van der Waals surface area (Å²) in [5.74, 6) is 0. The van der Waals surface area contributed by atoms with E-state index in [-0.39, 0.29) is 0 Å². The molecule has 0 aromatic carbocycles. The number of hydrogen-bond acceptors (Lipinski definition) is 5. The highest BCUT2D eigenvalue weighted by atomic mass is 31.2. The average Bonchev–Trinajstić information content (AvgIpc) is 1.33. The lowest BCUT2D eigenvalue weighted by molar-refractivity contribution is -0.407. The van der Waals surface area contributed by atoms with E-state index >= 15 is 0 Å². The van der Waals surface area contributed by atoms with E-state index in [2.05, 4.69) is 0 Å². The van der Waals surface area contributed by atoms with E-state index in [1.165, 1.54) is 0 Å². The maximum absolute atomic E-state index is 8.48. The first-order valence-corrected chi connectivity index (χ1v) is 2.74. The lowest BCUT2D eigenvalue weighted by Crippen LogP contribution is -2.18. The average molecular weight is 142 g/mol. The van der Waals surface area contributed by atoms with Crippen LogP contribution in [0.2, 0.25) is 0 Å². The van der Waals surface area contributed by atoms with E-state index < -0.39 is 17.3 Å². The van der Waals surface area contributed by atoms with Gasteiger partial charge in [-0.05, 0) is 0 Å². The van der Waals surface area contributed by atoms with Crippen LogP contribution in [0, 0.1) is 0 Å². The molecule has 0 aliphatic carbocycles. The van der Waals surface area contributed by atoms with Crippen LogP contribution >= 0.6 is 17.3 Å². The fourth-order valence-corrected chi connectivity index (χ4v) is 0. The van der Waals surface area contributed by atoms with Gasteiger partial charge >= 0.3 is 0 Å². The molecule has 0 aliphatic rings. The molecule has 0 bridgehead atoms. The maximum Gasteiger partial charge on any atom is 0.0642 e. The fourth-order valence-electron chi connectivity index (χ4n) is 0. The van der Waals surface area contributed by atoms with Crippen molar-refractivity contribution in [1.29, 1.82) is 0 Å². The Balaban J connectivity index is 0. The normalized spacial score (nSPS) is 8.14. The summed E-state index contributed by atoms with van der Waals surface area (Å²) in [5.41, 5.74) is 0. The highest BCUT2D eigenvalue weighted by molar-refractivity contribution is 7.33. The van der Waals surface area contributed by atoms with Crippen molar-refractivity contribution in [2.45, 2.75) is 0 Å². The molecule has 44 valence electrons. The highest BCUT2D eigenvalue weighted by Gasteiger charge is 1.10. The van der Waals surface area contributed by atoms with Crippen LogP contribution in [0.25, 0.3) is 0 Å². The smallest absolute Gasteiger partial charge is 0.0642 e. The van der Waals surface area contributed by atoms with Crippen LogP contribution < -0.4 is 19.6 Å². The molecule has 7 heavy (non-hydrogen) atoms. The van der Waals surface area contributed by atoms with Crippen molar-refractivity contribution in [3.8, 4) is 0 Å². The molecule has 0 aliphatic heterocycles. The molecule has 0 saturated heterocycles. The quantitative estimate of drug-likeness (QED) is 0.331. The first-order valence-electron chi connectivity index (χ1n) is 0.913. The SMILES string of the molecule is O=P[O-].[O-]P([O-])[O-]. The molecule has 0 atom stereocenters. The summed E-state index contributed by atoms with van der Waals surface area (Å²) in [6, 6.07) is 0. The third-order valence-electron chi connectivity index (χ3n) is 0. The van der Waals surface area contributed by atoms with Crippen LogP contribution in [0.3, 0.4) is 0 Å². The second kappa shape index (κ2) is 9.62. The van der Waals surface area contributed by atoms with Gasteiger partial charge < -0.3 is 28.2 Å². The molecule has 5 nitrogen and oxygen atoms in total. The van der Waals surface area contributed by atoms with Crippen molar-refractivity contribution in [3.63, 3.8) is 0 Å². The zero-order valence-corrected chi connectivity index (χ0v) is 4.72. The monoisotopic (exact) mass is 142 g/mol. The minimum absolute atomic E-state index is 1.08. The Morgan fingerprint density at radius 1 is 1.29 bits per heavy atom. The van der Waals surface area contributed by atoms with Gasteiger partial charge in [-0.15, -0.1) is 0 Å². The fraction of sp³-hybridized carbons (Fsp3) is 0. The van der Waals surface area contributed by atoms with Crippen molar-refractivity contribution < 1.29 is 24.1 Å². The third kappa shape index (κ3) is 889. The van der Waals surface area contributed by atoms with Crippen molar-refractivity contribution in [3.05, 3.63) is 0 Å². The summed E-state index contributed by atoms with van der Waals surface area (Å²) < 4.78 is 8.35. The largest absolute Gasteiger partial charge is 0.854 e. The van der Waals surface area contributed by atoms with Crippen LogP contribution in [0.4, 0.5) is 0 Å². The lowest BCUT2D eigenvalue weighted by atomic mass is 15.8. The maximum atomic E-state index is 8.48. The molecule has 0 N–H and O–H groups in total. The van der Waals surface area contributed by atoms with Crippen molar-refractivity contribution in [2.24, 2.45) is 0 Å². The van der Waals surface area contributed by atoms with E-state index in [1.807, 2.05) is 0 Å². The van der Waals surface area contributed by atoms with Crippen LogP contribution in [-0.2, 0) is 4.57 Å². The molecule has 0 fully saturated rings. The first-order chi connectivity index (χ1) is 3.15. The Hall–Kier alpha value is 0.370. The molecule has 7 heteroatoms. The predicted octanol–water partition coefficient (Wildman–Crippen LogP) is -3.15. The van der Waals surface area contributed by atoms with Gasteiger partial charge in [0.25, 0.3) is 0 Å². The van der Waals surface area contributed by atoms with Gasteiger partial charge in [-0.25, -0.2) is 0 Å². The molecule has 0 rings (SSSR count). The standard InChI is InChI=1S/O3P.HO2P/c1-4(2)3;1-3-2/h;(H,1,2)/q-3;/p-1. The highest BCUT2D eigenvalue weighted by Crippen LogP contribution is 1.85. The van der Waals surface area contributed by atoms with Crippen LogP contribution in [-0.4, -0.2) is 0 Å². The van der Waals surface area contributed by atoms with Gasteiger partial charge in [-0.2, -0.15) is 0 Å². The zero-order valence-electron chi connectivity index (χ0n) is 2.94. The molecular weight excluding hydrogens is 142 g/mol. The van der Waals surface area contributed by atoms with E-state index in [1.54, 1.807) is 0 Å². The van der Waals surface area contributed by atoms with Gasteiger partial charge in [-0.3, -0.25) is 4.57 Å². The summed E-state index contributed by atoms with van der Waals surface area (Å²) in [6.45, 7) is 0. The van der Waals surface area contributed by atoms with Gasteiger partial charge in [0.05, 0.1) is 8.69 Å². The molecule has 0 spiro atoms. The minimum atomic E-state index is -3.37. The molecule has 0 saturated carbocycles. The molecule has 0 aromatic rings. The molecular formula is O5P2-4. The van der Waals surface area contributed by atoms with Crippen LogP contribution in [0.15, 0.2) is 0 Å². The van der Waals surface area contributed by atoms with Crippen molar-refractivity contribution in [2.75, 3.05) is 0 Å². The van der Waals surface area contributed by atoms with E-state index in [0.29, 0.717) is 0 Å². The third-order valence-corrected chi connectivity index (χ3v) is 0. The summed E-state index contributed by atoms with van der Waals surface area (Å²) in [7, 11) is -4.45. The molecule has 0 radical (unpaired) electrons. The second-order valence-corrected chi connectivity index (χ2v) is 0.894. The second-order valence-electron chi connectivity index (χ2n) is 0.298. The van der Waals surface area contributed by atoms with E-state index in [4.69, 9.17) is 24.1 Å². The van der Waals surface area contributed by atoms with E-state index in [0.717, 1.165) is 0 Å². The van der Waals surface area contributed by atoms with Gasteiger partial charge in [0.2, 0.25) is 0 Å². The summed E-state index contributed by atoms with van der Waals surface area (Å²) in [4.78, 5) is 33.8. The zero-order chi connectivity index (χ0) is 6.28. The summed E-state index contributed by atoms with van der Waals surface area (Å²) in [6.07, 6.45) is 0. The Kier molecular flexibility index (Phi) is 14.3. The van der Waals surface area contributed by atoms with Gasteiger partial charge in [0, 0.05) is 0 Å². The predicted molar refractivity (Wildman–Crippen MR) is 14.5 cm³/mol. The van der Waals surface area contributed by atoms with Crippen molar-refractivity contribution >= 4 is 17.3 Å². The summed E-state index contributed by atoms with van der Waals surface area (Å²) in [5, 5.41) is 0. The van der Waals surface area contributed by atoms with Gasteiger partial charge in [0.15, 0.2) is 0 Å². The topological polar surface area (TPSA) is 109 Å². The minimum Gasteiger partial charge on any atom is -0.854 e. The van der Waals surface area contributed by atoms with Crippen LogP contribution in [0.5, 0.6) is 0 Å².